The van der Waals surface area contributed by atoms with Gasteiger partial charge in [0.1, 0.15) is 0 Å². The van der Waals surface area contributed by atoms with E-state index in [1.54, 1.807) is 25.1 Å². The number of ether oxygens (including phenoxy) is 2. The van der Waals surface area contributed by atoms with Crippen molar-refractivity contribution in [3.63, 3.8) is 0 Å². The fourth-order valence-electron chi connectivity index (χ4n) is 2.63. The highest BCUT2D eigenvalue weighted by molar-refractivity contribution is 6.03. The lowest BCUT2D eigenvalue weighted by atomic mass is 9.97. The summed E-state index contributed by atoms with van der Waals surface area (Å²) in [6.07, 6.45) is 1.13. The number of hydrogen-bond acceptors (Lipinski definition) is 6. The molecule has 0 unspecified atom stereocenters. The molecule has 2 aromatic rings. The molecule has 0 radical (unpaired) electrons. The molecule has 2 aromatic carbocycles. The smallest absolute Gasteiger partial charge is 0.346 e. The van der Waals surface area contributed by atoms with Crippen LogP contribution in [-0.2, 0) is 16.0 Å². The molecule has 28 heavy (non-hydrogen) atoms. The minimum Gasteiger partial charge on any atom is -0.504 e. The van der Waals surface area contributed by atoms with E-state index in [1.807, 2.05) is 6.92 Å². The molecule has 0 spiro atoms. The number of carbonyl (C=O) groups excluding carboxylic acids is 3. The van der Waals surface area contributed by atoms with E-state index in [0.29, 0.717) is 24.0 Å². The lowest BCUT2D eigenvalue weighted by molar-refractivity contribution is -0.130. The molecule has 146 valence electrons. The quantitative estimate of drug-likeness (QED) is 0.350. The SMILES string of the molecule is C=C(C)C(=O)Oc1c(O)cc(C(=O)OC(=O)c2ccccc2)c(C)c1CCC. The first kappa shape index (κ1) is 20.9. The molecule has 2 rings (SSSR count). The molecular formula is C22H22O6. The molecule has 0 amide bonds. The molecule has 6 heteroatoms. The van der Waals surface area contributed by atoms with Crippen LogP contribution in [0.2, 0.25) is 0 Å². The van der Waals surface area contributed by atoms with Gasteiger partial charge < -0.3 is 14.6 Å². The highest BCUT2D eigenvalue weighted by Crippen LogP contribution is 2.37. The third-order valence-electron chi connectivity index (χ3n) is 4.10. The predicted molar refractivity (Wildman–Crippen MR) is 103 cm³/mol. The topological polar surface area (TPSA) is 89.9 Å². The first-order valence-electron chi connectivity index (χ1n) is 8.80. The van der Waals surface area contributed by atoms with Crippen molar-refractivity contribution in [3.05, 3.63) is 70.8 Å². The minimum absolute atomic E-state index is 0.0155. The summed E-state index contributed by atoms with van der Waals surface area (Å²) in [5.74, 6) is -2.77. The molecular weight excluding hydrogens is 360 g/mol. The van der Waals surface area contributed by atoms with Crippen LogP contribution in [0.1, 0.15) is 52.1 Å². The Morgan fingerprint density at radius 3 is 2.32 bits per heavy atom. The molecule has 0 saturated heterocycles. The van der Waals surface area contributed by atoms with Crippen molar-refractivity contribution in [2.24, 2.45) is 0 Å². The van der Waals surface area contributed by atoms with Crippen LogP contribution in [0.3, 0.4) is 0 Å². The van der Waals surface area contributed by atoms with Crippen LogP contribution >= 0.6 is 0 Å². The van der Waals surface area contributed by atoms with Crippen LogP contribution in [0.15, 0.2) is 48.6 Å². The first-order chi connectivity index (χ1) is 13.3. The molecule has 6 nitrogen and oxygen atoms in total. The highest BCUT2D eigenvalue weighted by Gasteiger charge is 2.24. The van der Waals surface area contributed by atoms with Gasteiger partial charge in [0, 0.05) is 11.1 Å². The average Bonchev–Trinajstić information content (AvgIpc) is 2.67. The van der Waals surface area contributed by atoms with Crippen molar-refractivity contribution in [1.29, 1.82) is 0 Å². The fraction of sp³-hybridized carbons (Fsp3) is 0.227. The Kier molecular flexibility index (Phi) is 6.71. The zero-order chi connectivity index (χ0) is 20.8. The van der Waals surface area contributed by atoms with Crippen molar-refractivity contribution in [1.82, 2.24) is 0 Å². The number of phenolic OH excluding ortho intramolecular Hbond substituents is 1. The maximum Gasteiger partial charge on any atom is 0.346 e. The van der Waals surface area contributed by atoms with E-state index in [-0.39, 0.29) is 28.2 Å². The average molecular weight is 382 g/mol. The zero-order valence-electron chi connectivity index (χ0n) is 16.1. The van der Waals surface area contributed by atoms with E-state index in [9.17, 15) is 19.5 Å². The minimum atomic E-state index is -0.892. The number of benzene rings is 2. The van der Waals surface area contributed by atoms with Crippen LogP contribution in [0.4, 0.5) is 0 Å². The molecule has 0 bridgehead atoms. The van der Waals surface area contributed by atoms with E-state index in [2.05, 4.69) is 6.58 Å². The standard InChI is InChI=1S/C22H22O6/c1-5-9-16-14(4)17(12-18(23)19(16)27-20(24)13(2)3)22(26)28-21(25)15-10-7-6-8-11-15/h6-8,10-12,23H,2,5,9H2,1,3-4H3. The van der Waals surface area contributed by atoms with Crippen LogP contribution in [0.25, 0.3) is 0 Å². The van der Waals surface area contributed by atoms with Gasteiger partial charge in [-0.15, -0.1) is 0 Å². The fourth-order valence-corrected chi connectivity index (χ4v) is 2.63. The van der Waals surface area contributed by atoms with Crippen molar-refractivity contribution in [2.45, 2.75) is 33.6 Å². The molecule has 0 aromatic heterocycles. The van der Waals surface area contributed by atoms with E-state index >= 15 is 0 Å². The molecule has 0 saturated carbocycles. The van der Waals surface area contributed by atoms with Crippen LogP contribution in [-0.4, -0.2) is 23.0 Å². The van der Waals surface area contributed by atoms with Crippen LogP contribution in [0, 0.1) is 6.92 Å². The molecule has 0 aliphatic heterocycles. The van der Waals surface area contributed by atoms with Crippen molar-refractivity contribution < 1.29 is 29.0 Å². The molecule has 0 aliphatic carbocycles. The lowest BCUT2D eigenvalue weighted by Crippen LogP contribution is -2.16. The Hall–Kier alpha value is -3.41. The summed E-state index contributed by atoms with van der Waals surface area (Å²) in [4.78, 5) is 36.5. The zero-order valence-corrected chi connectivity index (χ0v) is 16.1. The summed E-state index contributed by atoms with van der Waals surface area (Å²) in [6, 6.07) is 9.24. The van der Waals surface area contributed by atoms with Gasteiger partial charge in [-0.2, -0.15) is 0 Å². The molecule has 0 aliphatic rings. The van der Waals surface area contributed by atoms with Gasteiger partial charge in [-0.3, -0.25) is 0 Å². The summed E-state index contributed by atoms with van der Waals surface area (Å²) in [5.41, 5.74) is 1.40. The normalized spacial score (nSPS) is 10.2. The number of rotatable bonds is 6. The summed E-state index contributed by atoms with van der Waals surface area (Å²) in [5, 5.41) is 10.4. The van der Waals surface area contributed by atoms with Crippen molar-refractivity contribution >= 4 is 17.9 Å². The van der Waals surface area contributed by atoms with Gasteiger partial charge in [0.2, 0.25) is 0 Å². The Morgan fingerprint density at radius 2 is 1.75 bits per heavy atom. The van der Waals surface area contributed by atoms with Gasteiger partial charge in [0.25, 0.3) is 0 Å². The Morgan fingerprint density at radius 1 is 1.11 bits per heavy atom. The number of carbonyl (C=O) groups is 3. The highest BCUT2D eigenvalue weighted by atomic mass is 16.6. The van der Waals surface area contributed by atoms with Gasteiger partial charge in [-0.1, -0.05) is 38.1 Å². The van der Waals surface area contributed by atoms with Crippen LogP contribution in [0.5, 0.6) is 11.5 Å². The number of aromatic hydroxyl groups is 1. The Bertz CT molecular complexity index is 928. The van der Waals surface area contributed by atoms with Gasteiger partial charge in [-0.05, 0) is 44.0 Å². The monoisotopic (exact) mass is 382 g/mol. The molecule has 0 atom stereocenters. The third-order valence-corrected chi connectivity index (χ3v) is 4.10. The Labute approximate surface area is 163 Å². The molecule has 0 heterocycles. The predicted octanol–water partition coefficient (Wildman–Crippen LogP) is 4.13. The van der Waals surface area contributed by atoms with E-state index in [0.717, 1.165) is 6.07 Å². The summed E-state index contributed by atoms with van der Waals surface area (Å²) in [7, 11) is 0. The second-order valence-electron chi connectivity index (χ2n) is 6.34. The molecule has 1 N–H and O–H groups in total. The summed E-state index contributed by atoms with van der Waals surface area (Å²) >= 11 is 0. The maximum atomic E-state index is 12.5. The first-order valence-corrected chi connectivity index (χ1v) is 8.80. The third kappa shape index (κ3) is 4.65. The van der Waals surface area contributed by atoms with Gasteiger partial charge in [0.15, 0.2) is 11.5 Å². The van der Waals surface area contributed by atoms with E-state index < -0.39 is 17.9 Å². The van der Waals surface area contributed by atoms with Gasteiger partial charge >= 0.3 is 17.9 Å². The van der Waals surface area contributed by atoms with Gasteiger partial charge in [-0.25, -0.2) is 14.4 Å². The molecule has 0 fully saturated rings. The van der Waals surface area contributed by atoms with Gasteiger partial charge in [0.05, 0.1) is 11.1 Å². The van der Waals surface area contributed by atoms with E-state index in [4.69, 9.17) is 9.47 Å². The number of phenols is 1. The largest absolute Gasteiger partial charge is 0.504 e. The Balaban J connectivity index is 2.39. The van der Waals surface area contributed by atoms with Crippen molar-refractivity contribution in [2.75, 3.05) is 0 Å². The van der Waals surface area contributed by atoms with Crippen LogP contribution < -0.4 is 4.74 Å². The lowest BCUT2D eigenvalue weighted by Gasteiger charge is -2.17. The second kappa shape index (κ2) is 8.99. The number of hydrogen-bond donors (Lipinski definition) is 1. The number of esters is 3. The summed E-state index contributed by atoms with van der Waals surface area (Å²) in [6.45, 7) is 8.56. The second-order valence-corrected chi connectivity index (χ2v) is 6.34. The van der Waals surface area contributed by atoms with E-state index in [1.165, 1.54) is 19.1 Å². The summed E-state index contributed by atoms with van der Waals surface area (Å²) < 4.78 is 10.2. The maximum absolute atomic E-state index is 12.5. The van der Waals surface area contributed by atoms with Crippen molar-refractivity contribution in [3.8, 4) is 11.5 Å².